The van der Waals surface area contributed by atoms with Crippen molar-refractivity contribution < 1.29 is 14.1 Å². The number of carbonyl (C=O) groups is 1. The summed E-state index contributed by atoms with van der Waals surface area (Å²) in [5.74, 6) is 1.10. The highest BCUT2D eigenvalue weighted by Gasteiger charge is 2.21. The summed E-state index contributed by atoms with van der Waals surface area (Å²) in [7, 11) is 3.29. The molecule has 0 N–H and O–H groups in total. The van der Waals surface area contributed by atoms with E-state index < -0.39 is 0 Å². The Morgan fingerprint density at radius 3 is 2.67 bits per heavy atom. The van der Waals surface area contributed by atoms with Crippen molar-refractivity contribution in [2.24, 2.45) is 0 Å². The van der Waals surface area contributed by atoms with Crippen LogP contribution in [0.25, 0.3) is 0 Å². The van der Waals surface area contributed by atoms with Crippen molar-refractivity contribution in [3.8, 4) is 0 Å². The average Bonchev–Trinajstić information content (AvgIpc) is 2.79. The second kappa shape index (κ2) is 6.54. The molecule has 5 nitrogen and oxygen atoms in total. The van der Waals surface area contributed by atoms with Gasteiger partial charge in [-0.3, -0.25) is 4.79 Å². The molecule has 0 aliphatic rings. The molecule has 0 fully saturated rings. The van der Waals surface area contributed by atoms with Gasteiger partial charge in [0, 0.05) is 26.1 Å². The summed E-state index contributed by atoms with van der Waals surface area (Å²) >= 11 is 0. The molecule has 0 aliphatic carbocycles. The van der Waals surface area contributed by atoms with Gasteiger partial charge in [-0.15, -0.1) is 0 Å². The van der Waals surface area contributed by atoms with E-state index in [9.17, 15) is 4.79 Å². The standard InChI is InChI=1S/C13H22N2O3/c1-6-11(17-5)13(16)15(4)8-10-7-12(9(2)3)18-14-10/h7,9,11H,6,8H2,1-5H3. The van der Waals surface area contributed by atoms with Gasteiger partial charge in [0.1, 0.15) is 17.6 Å². The van der Waals surface area contributed by atoms with Crippen molar-refractivity contribution >= 4 is 5.91 Å². The molecule has 5 heteroatoms. The molecule has 0 aromatic carbocycles. The first-order valence-electron chi connectivity index (χ1n) is 6.22. The SMILES string of the molecule is CCC(OC)C(=O)N(C)Cc1cc(C(C)C)on1. The zero-order valence-corrected chi connectivity index (χ0v) is 11.8. The number of nitrogens with zero attached hydrogens (tertiary/aromatic N) is 2. The van der Waals surface area contributed by atoms with E-state index in [1.54, 1.807) is 19.1 Å². The van der Waals surface area contributed by atoms with Crippen molar-refractivity contribution in [3.05, 3.63) is 17.5 Å². The molecule has 1 rings (SSSR count). The van der Waals surface area contributed by atoms with E-state index >= 15 is 0 Å². The average molecular weight is 254 g/mol. The minimum atomic E-state index is -0.383. The zero-order valence-electron chi connectivity index (χ0n) is 11.8. The van der Waals surface area contributed by atoms with Crippen LogP contribution >= 0.6 is 0 Å². The van der Waals surface area contributed by atoms with Gasteiger partial charge in [-0.2, -0.15) is 0 Å². The third-order valence-corrected chi connectivity index (χ3v) is 2.85. The van der Waals surface area contributed by atoms with Crippen LogP contribution in [0.15, 0.2) is 10.6 Å². The monoisotopic (exact) mass is 254 g/mol. The number of likely N-dealkylation sites (N-methyl/N-ethyl adjacent to an activating group) is 1. The maximum absolute atomic E-state index is 12.0. The first kappa shape index (κ1) is 14.7. The van der Waals surface area contributed by atoms with E-state index in [0.29, 0.717) is 18.9 Å². The summed E-state index contributed by atoms with van der Waals surface area (Å²) in [6, 6.07) is 1.89. The summed E-state index contributed by atoms with van der Waals surface area (Å²) in [6.07, 6.45) is 0.280. The Balaban J connectivity index is 2.63. The smallest absolute Gasteiger partial charge is 0.251 e. The van der Waals surface area contributed by atoms with Crippen LogP contribution in [0.3, 0.4) is 0 Å². The lowest BCUT2D eigenvalue weighted by Gasteiger charge is -2.20. The van der Waals surface area contributed by atoms with Crippen molar-refractivity contribution in [1.82, 2.24) is 10.1 Å². The highest BCUT2D eigenvalue weighted by molar-refractivity contribution is 5.80. The number of aromatic nitrogens is 1. The Kier molecular flexibility index (Phi) is 5.34. The summed E-state index contributed by atoms with van der Waals surface area (Å²) in [5.41, 5.74) is 0.764. The molecule has 18 heavy (non-hydrogen) atoms. The van der Waals surface area contributed by atoms with E-state index in [1.165, 1.54) is 0 Å². The molecule has 1 aromatic rings. The Bertz CT molecular complexity index is 383. The number of carbonyl (C=O) groups excluding carboxylic acids is 1. The third kappa shape index (κ3) is 3.57. The van der Waals surface area contributed by atoms with Gasteiger partial charge in [0.05, 0.1) is 6.54 Å². The van der Waals surface area contributed by atoms with Crippen LogP contribution in [0.4, 0.5) is 0 Å². The van der Waals surface area contributed by atoms with Crippen LogP contribution in [0.1, 0.15) is 44.6 Å². The maximum atomic E-state index is 12.0. The van der Waals surface area contributed by atoms with Gasteiger partial charge in [-0.1, -0.05) is 25.9 Å². The van der Waals surface area contributed by atoms with Crippen molar-refractivity contribution in [1.29, 1.82) is 0 Å². The molecule has 102 valence electrons. The second-order valence-corrected chi connectivity index (χ2v) is 4.70. The predicted molar refractivity (Wildman–Crippen MR) is 68.2 cm³/mol. The largest absolute Gasteiger partial charge is 0.372 e. The topological polar surface area (TPSA) is 55.6 Å². The Morgan fingerprint density at radius 1 is 1.56 bits per heavy atom. The third-order valence-electron chi connectivity index (χ3n) is 2.85. The number of hydrogen-bond acceptors (Lipinski definition) is 4. The molecule has 1 amide bonds. The van der Waals surface area contributed by atoms with Gasteiger partial charge in [0.25, 0.3) is 5.91 Å². The predicted octanol–water partition coefficient (Wildman–Crippen LogP) is 2.18. The summed E-state index contributed by atoms with van der Waals surface area (Å²) in [5, 5.41) is 3.96. The molecule has 1 aromatic heterocycles. The molecule has 0 spiro atoms. The Morgan fingerprint density at radius 2 is 2.22 bits per heavy atom. The van der Waals surface area contributed by atoms with Gasteiger partial charge >= 0.3 is 0 Å². The van der Waals surface area contributed by atoms with Crippen molar-refractivity contribution in [2.75, 3.05) is 14.2 Å². The number of ether oxygens (including phenoxy) is 1. The highest BCUT2D eigenvalue weighted by Crippen LogP contribution is 2.16. The molecule has 1 unspecified atom stereocenters. The maximum Gasteiger partial charge on any atom is 0.251 e. The Labute approximate surface area is 108 Å². The molecule has 0 bridgehead atoms. The first-order valence-corrected chi connectivity index (χ1v) is 6.22. The van der Waals surface area contributed by atoms with E-state index in [1.807, 2.05) is 26.8 Å². The summed E-state index contributed by atoms with van der Waals surface area (Å²) in [4.78, 5) is 13.6. The summed E-state index contributed by atoms with van der Waals surface area (Å²) in [6.45, 7) is 6.44. The minimum Gasteiger partial charge on any atom is -0.372 e. The van der Waals surface area contributed by atoms with Gasteiger partial charge in [0.15, 0.2) is 0 Å². The molecule has 0 radical (unpaired) electrons. The van der Waals surface area contributed by atoms with Crippen molar-refractivity contribution in [2.45, 2.75) is 45.8 Å². The van der Waals surface area contributed by atoms with Crippen LogP contribution < -0.4 is 0 Å². The lowest BCUT2D eigenvalue weighted by atomic mass is 10.1. The number of methoxy groups -OCH3 is 1. The van der Waals surface area contributed by atoms with E-state index in [0.717, 1.165) is 11.5 Å². The molecule has 0 saturated heterocycles. The fraction of sp³-hybridized carbons (Fsp3) is 0.692. The lowest BCUT2D eigenvalue weighted by Crippen LogP contribution is -2.36. The fourth-order valence-corrected chi connectivity index (χ4v) is 1.68. The van der Waals surface area contributed by atoms with Gasteiger partial charge < -0.3 is 14.2 Å². The first-order chi connectivity index (χ1) is 8.49. The number of amides is 1. The molecular weight excluding hydrogens is 232 g/mol. The van der Waals surface area contributed by atoms with E-state index in [4.69, 9.17) is 9.26 Å². The van der Waals surface area contributed by atoms with Crippen LogP contribution in [-0.2, 0) is 16.1 Å². The van der Waals surface area contributed by atoms with E-state index in [2.05, 4.69) is 5.16 Å². The Hall–Kier alpha value is -1.36. The fourth-order valence-electron chi connectivity index (χ4n) is 1.68. The van der Waals surface area contributed by atoms with Crippen LogP contribution in [-0.4, -0.2) is 36.2 Å². The molecule has 0 aliphatic heterocycles. The molecule has 1 atom stereocenters. The van der Waals surface area contributed by atoms with Crippen molar-refractivity contribution in [3.63, 3.8) is 0 Å². The van der Waals surface area contributed by atoms with Gasteiger partial charge in [0.2, 0.25) is 0 Å². The normalized spacial score (nSPS) is 12.8. The number of rotatable bonds is 6. The molecule has 0 saturated carbocycles. The van der Waals surface area contributed by atoms with Crippen LogP contribution in [0.5, 0.6) is 0 Å². The minimum absolute atomic E-state index is 0.0332. The van der Waals surface area contributed by atoms with E-state index in [-0.39, 0.29) is 12.0 Å². The lowest BCUT2D eigenvalue weighted by molar-refractivity contribution is -0.141. The number of hydrogen-bond donors (Lipinski definition) is 0. The molecule has 1 heterocycles. The zero-order chi connectivity index (χ0) is 13.7. The van der Waals surface area contributed by atoms with Crippen LogP contribution in [0.2, 0.25) is 0 Å². The second-order valence-electron chi connectivity index (χ2n) is 4.70. The summed E-state index contributed by atoms with van der Waals surface area (Å²) < 4.78 is 10.3. The highest BCUT2D eigenvalue weighted by atomic mass is 16.5. The molecular formula is C13H22N2O3. The quantitative estimate of drug-likeness (QED) is 0.780. The van der Waals surface area contributed by atoms with Gasteiger partial charge in [-0.25, -0.2) is 0 Å². The van der Waals surface area contributed by atoms with Crippen LogP contribution in [0, 0.1) is 0 Å². The van der Waals surface area contributed by atoms with Gasteiger partial charge in [-0.05, 0) is 6.42 Å².